The van der Waals surface area contributed by atoms with Gasteiger partial charge in [0.25, 0.3) is 0 Å². The van der Waals surface area contributed by atoms with E-state index in [1.54, 1.807) is 42.7 Å². The smallest absolute Gasteiger partial charge is 0.193 e. The Morgan fingerprint density at radius 1 is 1.19 bits per heavy atom. The average molecular weight is 232 g/mol. The second-order valence-corrected chi connectivity index (χ2v) is 3.96. The summed E-state index contributed by atoms with van der Waals surface area (Å²) in [7, 11) is 0. The van der Waals surface area contributed by atoms with Crippen molar-refractivity contribution in [3.63, 3.8) is 0 Å². The number of carbonyl (C=O) groups is 1. The van der Waals surface area contributed by atoms with Gasteiger partial charge in [-0.1, -0.05) is 11.6 Å². The quantitative estimate of drug-likeness (QED) is 0.743. The fourth-order valence-electron chi connectivity index (χ4n) is 1.54. The molecule has 1 heterocycles. The van der Waals surface area contributed by atoms with E-state index >= 15 is 0 Å². The third kappa shape index (κ3) is 2.12. The molecule has 0 saturated heterocycles. The lowest BCUT2D eigenvalue weighted by molar-refractivity contribution is 0.103. The summed E-state index contributed by atoms with van der Waals surface area (Å²) in [6.07, 6.45) is 3.22. The Balaban J connectivity index is 2.42. The normalized spacial score (nSPS) is 10.1. The van der Waals surface area contributed by atoms with Crippen molar-refractivity contribution in [2.24, 2.45) is 0 Å². The van der Waals surface area contributed by atoms with Gasteiger partial charge in [0.1, 0.15) is 0 Å². The fraction of sp³-hybridized carbons (Fsp3) is 0.0769. The van der Waals surface area contributed by atoms with Crippen molar-refractivity contribution in [3.05, 3.63) is 64.4 Å². The Labute approximate surface area is 98.9 Å². The van der Waals surface area contributed by atoms with Crippen LogP contribution in [0.4, 0.5) is 0 Å². The number of hydrogen-bond acceptors (Lipinski definition) is 2. The molecule has 0 radical (unpaired) electrons. The van der Waals surface area contributed by atoms with E-state index in [1.807, 2.05) is 6.92 Å². The molecule has 1 aromatic carbocycles. The lowest BCUT2D eigenvalue weighted by Gasteiger charge is -2.04. The van der Waals surface area contributed by atoms with E-state index in [-0.39, 0.29) is 5.78 Å². The number of halogens is 1. The van der Waals surface area contributed by atoms with Gasteiger partial charge < -0.3 is 0 Å². The first-order chi connectivity index (χ1) is 7.68. The molecule has 2 aromatic rings. The maximum absolute atomic E-state index is 12.1. The highest BCUT2D eigenvalue weighted by atomic mass is 35.5. The zero-order chi connectivity index (χ0) is 11.5. The second kappa shape index (κ2) is 4.45. The number of rotatable bonds is 2. The van der Waals surface area contributed by atoms with E-state index in [9.17, 15) is 4.79 Å². The maximum atomic E-state index is 12.1. The third-order valence-electron chi connectivity index (χ3n) is 2.38. The molecule has 0 N–H and O–H groups in total. The topological polar surface area (TPSA) is 30.0 Å². The first kappa shape index (κ1) is 10.8. The summed E-state index contributed by atoms with van der Waals surface area (Å²) in [6, 6.07) is 8.67. The Hall–Kier alpha value is -1.67. The van der Waals surface area contributed by atoms with E-state index < -0.39 is 0 Å². The zero-order valence-electron chi connectivity index (χ0n) is 8.77. The molecule has 0 aliphatic heterocycles. The standard InChI is InChI=1S/C13H10ClNO/c1-9-8-11(14)2-3-12(9)13(16)10-4-6-15-7-5-10/h2-8H,1H3. The summed E-state index contributed by atoms with van der Waals surface area (Å²) in [6.45, 7) is 1.88. The molecule has 0 bridgehead atoms. The number of aryl methyl sites for hydroxylation is 1. The zero-order valence-corrected chi connectivity index (χ0v) is 9.53. The molecule has 0 saturated carbocycles. The van der Waals surface area contributed by atoms with Crippen LogP contribution in [0.5, 0.6) is 0 Å². The summed E-state index contributed by atoms with van der Waals surface area (Å²) in [5.41, 5.74) is 2.20. The molecular weight excluding hydrogens is 222 g/mol. The summed E-state index contributed by atoms with van der Waals surface area (Å²) in [5, 5.41) is 0.642. The third-order valence-corrected chi connectivity index (χ3v) is 2.61. The lowest BCUT2D eigenvalue weighted by atomic mass is 10.0. The first-order valence-corrected chi connectivity index (χ1v) is 5.27. The molecule has 2 nitrogen and oxygen atoms in total. The van der Waals surface area contributed by atoms with Gasteiger partial charge in [0.05, 0.1) is 0 Å². The van der Waals surface area contributed by atoms with Gasteiger partial charge in [-0.2, -0.15) is 0 Å². The van der Waals surface area contributed by atoms with Crippen LogP contribution in [0, 0.1) is 6.92 Å². The van der Waals surface area contributed by atoms with Crippen molar-refractivity contribution in [2.45, 2.75) is 6.92 Å². The van der Waals surface area contributed by atoms with Crippen molar-refractivity contribution in [3.8, 4) is 0 Å². The second-order valence-electron chi connectivity index (χ2n) is 3.52. The number of ketones is 1. The molecule has 3 heteroatoms. The number of nitrogens with zero attached hydrogens (tertiary/aromatic N) is 1. The summed E-state index contributed by atoms with van der Waals surface area (Å²) in [5.74, 6) is -0.00318. The van der Waals surface area contributed by atoms with Crippen LogP contribution in [0.15, 0.2) is 42.7 Å². The van der Waals surface area contributed by atoms with Crippen LogP contribution < -0.4 is 0 Å². The molecule has 0 unspecified atom stereocenters. The number of aromatic nitrogens is 1. The Morgan fingerprint density at radius 3 is 2.50 bits per heavy atom. The first-order valence-electron chi connectivity index (χ1n) is 4.89. The van der Waals surface area contributed by atoms with Crippen molar-refractivity contribution in [1.29, 1.82) is 0 Å². The van der Waals surface area contributed by atoms with Crippen LogP contribution in [0.2, 0.25) is 5.02 Å². The Morgan fingerprint density at radius 2 is 1.88 bits per heavy atom. The van der Waals surface area contributed by atoms with Gasteiger partial charge in [0.2, 0.25) is 0 Å². The van der Waals surface area contributed by atoms with E-state index in [0.717, 1.165) is 5.56 Å². The Kier molecular flexibility index (Phi) is 3.02. The van der Waals surface area contributed by atoms with Crippen LogP contribution in [0.1, 0.15) is 21.5 Å². The molecule has 2 rings (SSSR count). The minimum Gasteiger partial charge on any atom is -0.289 e. The molecule has 0 aliphatic rings. The SMILES string of the molecule is Cc1cc(Cl)ccc1C(=O)c1ccncc1. The summed E-state index contributed by atoms with van der Waals surface area (Å²) in [4.78, 5) is 16.0. The highest BCUT2D eigenvalue weighted by Gasteiger charge is 2.11. The Bertz CT molecular complexity index is 523. The number of pyridine rings is 1. The number of carbonyl (C=O) groups excluding carboxylic acids is 1. The average Bonchev–Trinajstić information content (AvgIpc) is 2.29. The van der Waals surface area contributed by atoms with Gasteiger partial charge in [-0.3, -0.25) is 9.78 Å². The van der Waals surface area contributed by atoms with Crippen LogP contribution in [-0.2, 0) is 0 Å². The summed E-state index contributed by atoms with van der Waals surface area (Å²) >= 11 is 5.85. The predicted octanol–water partition coefficient (Wildman–Crippen LogP) is 3.27. The number of hydrogen-bond donors (Lipinski definition) is 0. The number of benzene rings is 1. The van der Waals surface area contributed by atoms with Crippen molar-refractivity contribution in [1.82, 2.24) is 4.98 Å². The van der Waals surface area contributed by atoms with E-state index in [1.165, 1.54) is 0 Å². The van der Waals surface area contributed by atoms with Crippen molar-refractivity contribution < 1.29 is 4.79 Å². The molecule has 0 amide bonds. The maximum Gasteiger partial charge on any atom is 0.193 e. The van der Waals surface area contributed by atoms with Crippen molar-refractivity contribution >= 4 is 17.4 Å². The molecule has 16 heavy (non-hydrogen) atoms. The minimum atomic E-state index is -0.00318. The molecule has 80 valence electrons. The van der Waals surface area contributed by atoms with Gasteiger partial charge in [-0.15, -0.1) is 0 Å². The predicted molar refractivity (Wildman–Crippen MR) is 63.9 cm³/mol. The molecule has 0 spiro atoms. The molecule has 0 atom stereocenters. The van der Waals surface area contributed by atoms with Gasteiger partial charge in [-0.05, 0) is 42.8 Å². The van der Waals surface area contributed by atoms with Gasteiger partial charge in [-0.25, -0.2) is 0 Å². The van der Waals surface area contributed by atoms with Crippen LogP contribution in [0.25, 0.3) is 0 Å². The highest BCUT2D eigenvalue weighted by molar-refractivity contribution is 6.30. The van der Waals surface area contributed by atoms with E-state index in [2.05, 4.69) is 4.98 Å². The van der Waals surface area contributed by atoms with Crippen LogP contribution in [-0.4, -0.2) is 10.8 Å². The van der Waals surface area contributed by atoms with E-state index in [0.29, 0.717) is 16.1 Å². The molecule has 1 aromatic heterocycles. The highest BCUT2D eigenvalue weighted by Crippen LogP contribution is 2.18. The van der Waals surface area contributed by atoms with Gasteiger partial charge >= 0.3 is 0 Å². The monoisotopic (exact) mass is 231 g/mol. The minimum absolute atomic E-state index is 0.00318. The van der Waals surface area contributed by atoms with Gasteiger partial charge in [0.15, 0.2) is 5.78 Å². The lowest BCUT2D eigenvalue weighted by Crippen LogP contribution is -2.03. The van der Waals surface area contributed by atoms with E-state index in [4.69, 9.17) is 11.6 Å². The molecular formula is C13H10ClNO. The van der Waals surface area contributed by atoms with Crippen LogP contribution in [0.3, 0.4) is 0 Å². The van der Waals surface area contributed by atoms with Crippen LogP contribution >= 0.6 is 11.6 Å². The fourth-order valence-corrected chi connectivity index (χ4v) is 1.77. The summed E-state index contributed by atoms with van der Waals surface area (Å²) < 4.78 is 0. The largest absolute Gasteiger partial charge is 0.289 e. The molecule has 0 fully saturated rings. The molecule has 0 aliphatic carbocycles. The van der Waals surface area contributed by atoms with Gasteiger partial charge in [0, 0.05) is 28.5 Å². The van der Waals surface area contributed by atoms with Crippen molar-refractivity contribution in [2.75, 3.05) is 0 Å².